The second-order valence-electron chi connectivity index (χ2n) is 2.82. The lowest BCUT2D eigenvalue weighted by Crippen LogP contribution is -2.17. The third-order valence-corrected chi connectivity index (χ3v) is 2.25. The number of imidazole rings is 1. The fraction of sp³-hybridized carbons (Fsp3) is 0.571. The number of H-pyrrole nitrogens is 2. The zero-order valence-corrected chi connectivity index (χ0v) is 7.08. The van der Waals surface area contributed by atoms with Gasteiger partial charge in [0.15, 0.2) is 4.77 Å². The number of nitrogens with zero attached hydrogens (tertiary/aromatic N) is 1. The standard InChI is InChI=1S/C7H11N3S/c11-7-8-5-6(9-7)10-3-1-2-4-10/h5H,1-4H2,(H2,8,9,11). The molecule has 1 saturated heterocycles. The molecule has 3 nitrogen and oxygen atoms in total. The molecule has 4 heteroatoms. The first-order chi connectivity index (χ1) is 5.36. The Balaban J connectivity index is 2.21. The largest absolute Gasteiger partial charge is 0.357 e. The molecule has 60 valence electrons. The molecule has 1 aromatic heterocycles. The van der Waals surface area contributed by atoms with Crippen LogP contribution in [0.3, 0.4) is 0 Å². The average molecular weight is 169 g/mol. The molecule has 2 N–H and O–H groups in total. The maximum Gasteiger partial charge on any atom is 0.176 e. The van der Waals surface area contributed by atoms with Crippen LogP contribution in [-0.2, 0) is 0 Å². The van der Waals surface area contributed by atoms with Crippen molar-refractivity contribution in [1.29, 1.82) is 0 Å². The summed E-state index contributed by atoms with van der Waals surface area (Å²) in [5.41, 5.74) is 0. The maximum atomic E-state index is 4.93. The molecule has 0 aliphatic carbocycles. The molecule has 2 rings (SSSR count). The Morgan fingerprint density at radius 2 is 2.09 bits per heavy atom. The summed E-state index contributed by atoms with van der Waals surface area (Å²) in [5, 5.41) is 0. The summed E-state index contributed by atoms with van der Waals surface area (Å²) in [6.07, 6.45) is 4.53. The van der Waals surface area contributed by atoms with Crippen LogP contribution in [0, 0.1) is 4.77 Å². The summed E-state index contributed by atoms with van der Waals surface area (Å²) in [6, 6.07) is 0. The van der Waals surface area contributed by atoms with Crippen molar-refractivity contribution in [2.24, 2.45) is 0 Å². The van der Waals surface area contributed by atoms with Crippen LogP contribution in [0.2, 0.25) is 0 Å². The SMILES string of the molecule is S=c1[nH]cc(N2CCCC2)[nH]1. The minimum atomic E-state index is 0.715. The molecule has 1 aromatic rings. The molecule has 0 bridgehead atoms. The Morgan fingerprint density at radius 3 is 2.64 bits per heavy atom. The number of rotatable bonds is 1. The van der Waals surface area contributed by atoms with Crippen LogP contribution in [0.25, 0.3) is 0 Å². The van der Waals surface area contributed by atoms with E-state index in [1.54, 1.807) is 0 Å². The highest BCUT2D eigenvalue weighted by molar-refractivity contribution is 7.71. The molecule has 2 heterocycles. The first kappa shape index (κ1) is 6.91. The molecule has 0 saturated carbocycles. The molecule has 0 aromatic carbocycles. The van der Waals surface area contributed by atoms with Crippen molar-refractivity contribution in [2.75, 3.05) is 18.0 Å². The zero-order chi connectivity index (χ0) is 7.68. The quantitative estimate of drug-likeness (QED) is 0.627. The van der Waals surface area contributed by atoms with E-state index in [-0.39, 0.29) is 0 Å². The van der Waals surface area contributed by atoms with E-state index in [0.717, 1.165) is 18.9 Å². The van der Waals surface area contributed by atoms with Crippen molar-refractivity contribution >= 4 is 18.0 Å². The van der Waals surface area contributed by atoms with Crippen LogP contribution in [0.4, 0.5) is 5.82 Å². The Bertz CT molecular complexity index is 282. The second-order valence-corrected chi connectivity index (χ2v) is 3.23. The van der Waals surface area contributed by atoms with Crippen LogP contribution in [0.5, 0.6) is 0 Å². The van der Waals surface area contributed by atoms with Crippen LogP contribution < -0.4 is 4.90 Å². The van der Waals surface area contributed by atoms with E-state index in [9.17, 15) is 0 Å². The predicted octanol–water partition coefficient (Wildman–Crippen LogP) is 1.67. The molecule has 1 fully saturated rings. The third kappa shape index (κ3) is 1.30. The van der Waals surface area contributed by atoms with Gasteiger partial charge in [-0.1, -0.05) is 0 Å². The van der Waals surface area contributed by atoms with Crippen molar-refractivity contribution in [3.8, 4) is 0 Å². The van der Waals surface area contributed by atoms with Crippen LogP contribution in [0.1, 0.15) is 12.8 Å². The van der Waals surface area contributed by atoms with Gasteiger partial charge in [0.1, 0.15) is 5.82 Å². The van der Waals surface area contributed by atoms with Crippen molar-refractivity contribution < 1.29 is 0 Å². The molecule has 0 unspecified atom stereocenters. The topological polar surface area (TPSA) is 34.8 Å². The number of aromatic amines is 2. The molecule has 11 heavy (non-hydrogen) atoms. The summed E-state index contributed by atoms with van der Waals surface area (Å²) in [7, 11) is 0. The number of hydrogen-bond donors (Lipinski definition) is 2. The smallest absolute Gasteiger partial charge is 0.176 e. The van der Waals surface area contributed by atoms with Crippen LogP contribution >= 0.6 is 12.2 Å². The van der Waals surface area contributed by atoms with Gasteiger partial charge in [-0.3, -0.25) is 0 Å². The summed E-state index contributed by atoms with van der Waals surface area (Å²) in [5.74, 6) is 1.13. The minimum Gasteiger partial charge on any atom is -0.357 e. The van der Waals surface area contributed by atoms with Crippen molar-refractivity contribution in [1.82, 2.24) is 9.97 Å². The van der Waals surface area contributed by atoms with E-state index >= 15 is 0 Å². The van der Waals surface area contributed by atoms with E-state index < -0.39 is 0 Å². The molecule has 1 aliphatic heterocycles. The average Bonchev–Trinajstić information content (AvgIpc) is 2.55. The van der Waals surface area contributed by atoms with E-state index in [4.69, 9.17) is 12.2 Å². The number of nitrogens with one attached hydrogen (secondary N) is 2. The molecular formula is C7H11N3S. The summed E-state index contributed by atoms with van der Waals surface area (Å²) in [4.78, 5) is 8.38. The van der Waals surface area contributed by atoms with Crippen molar-refractivity contribution in [3.63, 3.8) is 0 Å². The van der Waals surface area contributed by atoms with Gasteiger partial charge in [0.05, 0.1) is 0 Å². The normalized spacial score (nSPS) is 17.6. The maximum absolute atomic E-state index is 4.93. The van der Waals surface area contributed by atoms with Gasteiger partial charge in [0, 0.05) is 19.3 Å². The van der Waals surface area contributed by atoms with Gasteiger partial charge < -0.3 is 14.9 Å². The van der Waals surface area contributed by atoms with Crippen LogP contribution in [-0.4, -0.2) is 23.1 Å². The van der Waals surface area contributed by atoms with Crippen molar-refractivity contribution in [2.45, 2.75) is 12.8 Å². The number of aromatic nitrogens is 2. The molecule has 0 radical (unpaired) electrons. The summed E-state index contributed by atoms with van der Waals surface area (Å²) < 4.78 is 0.715. The van der Waals surface area contributed by atoms with Gasteiger partial charge in [0.2, 0.25) is 0 Å². The molecule has 1 aliphatic rings. The lowest BCUT2D eigenvalue weighted by atomic mass is 10.4. The van der Waals surface area contributed by atoms with Gasteiger partial charge in [-0.2, -0.15) is 0 Å². The summed E-state index contributed by atoms with van der Waals surface area (Å²) in [6.45, 7) is 2.31. The Kier molecular flexibility index (Phi) is 1.69. The lowest BCUT2D eigenvalue weighted by molar-refractivity contribution is 0.945. The summed E-state index contributed by atoms with van der Waals surface area (Å²) >= 11 is 4.93. The van der Waals surface area contributed by atoms with Gasteiger partial charge >= 0.3 is 0 Å². The molecule has 0 atom stereocenters. The fourth-order valence-electron chi connectivity index (χ4n) is 1.45. The zero-order valence-electron chi connectivity index (χ0n) is 6.26. The second kappa shape index (κ2) is 2.70. The van der Waals surface area contributed by atoms with Crippen LogP contribution in [0.15, 0.2) is 6.20 Å². The lowest BCUT2D eigenvalue weighted by Gasteiger charge is -2.13. The predicted molar refractivity (Wildman–Crippen MR) is 47.4 cm³/mol. The highest BCUT2D eigenvalue weighted by Gasteiger charge is 2.12. The van der Waals surface area contributed by atoms with Gasteiger partial charge in [0.25, 0.3) is 0 Å². The van der Waals surface area contributed by atoms with E-state index in [1.165, 1.54) is 12.8 Å². The Hall–Kier alpha value is -0.770. The molecular weight excluding hydrogens is 158 g/mol. The number of hydrogen-bond acceptors (Lipinski definition) is 2. The fourth-order valence-corrected chi connectivity index (χ4v) is 1.61. The first-order valence-electron chi connectivity index (χ1n) is 3.89. The number of anilines is 1. The molecule has 0 amide bonds. The third-order valence-electron chi connectivity index (χ3n) is 2.03. The highest BCUT2D eigenvalue weighted by atomic mass is 32.1. The van der Waals surface area contributed by atoms with E-state index in [1.807, 2.05) is 6.20 Å². The van der Waals surface area contributed by atoms with Crippen molar-refractivity contribution in [3.05, 3.63) is 11.0 Å². The van der Waals surface area contributed by atoms with E-state index in [2.05, 4.69) is 14.9 Å². The van der Waals surface area contributed by atoms with Gasteiger partial charge in [-0.05, 0) is 25.1 Å². The van der Waals surface area contributed by atoms with Gasteiger partial charge in [-0.15, -0.1) is 0 Å². The highest BCUT2D eigenvalue weighted by Crippen LogP contribution is 2.15. The first-order valence-corrected chi connectivity index (χ1v) is 4.30. The van der Waals surface area contributed by atoms with Gasteiger partial charge in [-0.25, -0.2) is 0 Å². The minimum absolute atomic E-state index is 0.715. The molecule has 0 spiro atoms. The Labute approximate surface area is 70.4 Å². The monoisotopic (exact) mass is 169 g/mol. The Morgan fingerprint density at radius 1 is 1.36 bits per heavy atom. The van der Waals surface area contributed by atoms with E-state index in [0.29, 0.717) is 4.77 Å².